The lowest BCUT2D eigenvalue weighted by Crippen LogP contribution is -2.41. The minimum absolute atomic E-state index is 0.118. The van der Waals surface area contributed by atoms with Crippen molar-refractivity contribution >= 4 is 11.8 Å². The van der Waals surface area contributed by atoms with Crippen molar-refractivity contribution in [2.24, 2.45) is 11.3 Å². The van der Waals surface area contributed by atoms with E-state index in [9.17, 15) is 9.59 Å². The summed E-state index contributed by atoms with van der Waals surface area (Å²) in [5.41, 5.74) is 3.07. The summed E-state index contributed by atoms with van der Waals surface area (Å²) in [6.45, 7) is 7.07. The van der Waals surface area contributed by atoms with Crippen molar-refractivity contribution < 1.29 is 9.59 Å². The van der Waals surface area contributed by atoms with Crippen LogP contribution in [0.1, 0.15) is 47.2 Å². The summed E-state index contributed by atoms with van der Waals surface area (Å²) >= 11 is 0. The van der Waals surface area contributed by atoms with Crippen molar-refractivity contribution in [2.75, 3.05) is 19.6 Å². The maximum Gasteiger partial charge on any atom is 0.254 e. The topological polar surface area (TPSA) is 67.2 Å². The van der Waals surface area contributed by atoms with E-state index in [-0.39, 0.29) is 23.1 Å². The van der Waals surface area contributed by atoms with Crippen LogP contribution in [0.2, 0.25) is 0 Å². The number of amides is 2. The standard InChI is InChI=1S/C23H30N4O2/c1-17-4-5-18(2)19(14-17)22(29)27-11-6-23(7-12-27)15-20(23)21(28)25-8-3-10-26-13-9-24-16-26/h4-5,9,13-14,16,20H,3,6-8,10-12,15H2,1-2H3,(H,25,28). The molecular weight excluding hydrogens is 364 g/mol. The van der Waals surface area contributed by atoms with Crippen LogP contribution >= 0.6 is 0 Å². The molecule has 1 spiro atoms. The number of aromatic nitrogens is 2. The normalized spacial score (nSPS) is 19.9. The van der Waals surface area contributed by atoms with Crippen LogP contribution in [0, 0.1) is 25.2 Å². The van der Waals surface area contributed by atoms with E-state index in [1.807, 2.05) is 47.7 Å². The Bertz CT molecular complexity index is 882. The lowest BCUT2D eigenvalue weighted by Gasteiger charge is -2.33. The molecule has 0 radical (unpaired) electrons. The van der Waals surface area contributed by atoms with Gasteiger partial charge in [0.15, 0.2) is 0 Å². The fraction of sp³-hybridized carbons (Fsp3) is 0.522. The molecule has 2 aliphatic rings. The number of likely N-dealkylation sites (tertiary alicyclic amines) is 1. The molecule has 6 heteroatoms. The monoisotopic (exact) mass is 394 g/mol. The second-order valence-electron chi connectivity index (χ2n) is 8.67. The Kier molecular flexibility index (Phi) is 5.43. The minimum atomic E-state index is 0.118. The fourth-order valence-electron chi connectivity index (χ4n) is 4.58. The van der Waals surface area contributed by atoms with Gasteiger partial charge in [0, 0.05) is 50.1 Å². The summed E-state index contributed by atoms with van der Waals surface area (Å²) in [7, 11) is 0. The highest BCUT2D eigenvalue weighted by Gasteiger charge is 2.58. The summed E-state index contributed by atoms with van der Waals surface area (Å²) in [6.07, 6.45) is 9.22. The molecule has 1 aliphatic heterocycles. The quantitative estimate of drug-likeness (QED) is 0.766. The molecule has 2 heterocycles. The van der Waals surface area contributed by atoms with Gasteiger partial charge >= 0.3 is 0 Å². The van der Waals surface area contributed by atoms with E-state index in [0.29, 0.717) is 6.54 Å². The highest BCUT2D eigenvalue weighted by molar-refractivity contribution is 5.96. The smallest absolute Gasteiger partial charge is 0.254 e. The van der Waals surface area contributed by atoms with Crippen molar-refractivity contribution in [3.8, 4) is 0 Å². The summed E-state index contributed by atoms with van der Waals surface area (Å²) in [5, 5.41) is 3.10. The molecule has 1 aliphatic carbocycles. The molecule has 0 bridgehead atoms. The zero-order valence-electron chi connectivity index (χ0n) is 17.4. The van der Waals surface area contributed by atoms with Crippen molar-refractivity contribution in [3.05, 3.63) is 53.6 Å². The van der Waals surface area contributed by atoms with Gasteiger partial charge in [-0.2, -0.15) is 0 Å². The van der Waals surface area contributed by atoms with Crippen LogP contribution in [-0.2, 0) is 11.3 Å². The number of carbonyl (C=O) groups is 2. The Hall–Kier alpha value is -2.63. The van der Waals surface area contributed by atoms with E-state index >= 15 is 0 Å². The first kappa shape index (κ1) is 19.7. The van der Waals surface area contributed by atoms with E-state index in [1.54, 1.807) is 12.5 Å². The number of carbonyl (C=O) groups excluding carboxylic acids is 2. The molecule has 1 N–H and O–H groups in total. The second kappa shape index (κ2) is 8.01. The third kappa shape index (κ3) is 4.21. The lowest BCUT2D eigenvalue weighted by atomic mass is 9.90. The molecule has 1 saturated carbocycles. The van der Waals surface area contributed by atoms with Crippen LogP contribution < -0.4 is 5.32 Å². The van der Waals surface area contributed by atoms with E-state index in [2.05, 4.69) is 10.3 Å². The van der Waals surface area contributed by atoms with Gasteiger partial charge in [0.25, 0.3) is 5.91 Å². The number of benzene rings is 1. The molecule has 4 rings (SSSR count). The molecule has 1 aromatic heterocycles. The van der Waals surface area contributed by atoms with Crippen LogP contribution in [0.15, 0.2) is 36.9 Å². The van der Waals surface area contributed by atoms with Gasteiger partial charge in [0.2, 0.25) is 5.91 Å². The average Bonchev–Trinajstić information content (AvgIpc) is 3.16. The van der Waals surface area contributed by atoms with Crippen molar-refractivity contribution in [3.63, 3.8) is 0 Å². The first-order valence-electron chi connectivity index (χ1n) is 10.6. The van der Waals surface area contributed by atoms with Gasteiger partial charge in [0.05, 0.1) is 6.33 Å². The zero-order valence-corrected chi connectivity index (χ0v) is 17.4. The molecule has 2 fully saturated rings. The number of aryl methyl sites for hydroxylation is 3. The summed E-state index contributed by atoms with van der Waals surface area (Å²) in [6, 6.07) is 6.04. The van der Waals surface area contributed by atoms with Crippen LogP contribution in [0.4, 0.5) is 0 Å². The van der Waals surface area contributed by atoms with E-state index in [4.69, 9.17) is 0 Å². The molecule has 1 unspecified atom stereocenters. The summed E-state index contributed by atoms with van der Waals surface area (Å²) in [4.78, 5) is 31.5. The van der Waals surface area contributed by atoms with Crippen LogP contribution in [0.5, 0.6) is 0 Å². The SMILES string of the molecule is Cc1ccc(C)c(C(=O)N2CCC3(CC2)CC3C(=O)NCCCn2ccnc2)c1. The van der Waals surface area contributed by atoms with Gasteiger partial charge < -0.3 is 14.8 Å². The van der Waals surface area contributed by atoms with Gasteiger partial charge in [-0.15, -0.1) is 0 Å². The maximum absolute atomic E-state index is 12.9. The summed E-state index contributed by atoms with van der Waals surface area (Å²) < 4.78 is 2.02. The average molecular weight is 395 g/mol. The number of nitrogens with zero attached hydrogens (tertiary/aromatic N) is 3. The van der Waals surface area contributed by atoms with Crippen molar-refractivity contribution in [2.45, 2.75) is 46.1 Å². The van der Waals surface area contributed by atoms with Crippen LogP contribution in [0.3, 0.4) is 0 Å². The number of nitrogens with one attached hydrogen (secondary N) is 1. The number of piperidine rings is 1. The largest absolute Gasteiger partial charge is 0.356 e. The molecular formula is C23H30N4O2. The maximum atomic E-state index is 12.9. The highest BCUT2D eigenvalue weighted by Crippen LogP contribution is 2.59. The van der Waals surface area contributed by atoms with Gasteiger partial charge in [-0.05, 0) is 56.6 Å². The Morgan fingerprint density at radius 3 is 2.76 bits per heavy atom. The molecule has 2 amide bonds. The van der Waals surface area contributed by atoms with Crippen molar-refractivity contribution in [1.29, 1.82) is 0 Å². The predicted molar refractivity (Wildman–Crippen MR) is 111 cm³/mol. The highest BCUT2D eigenvalue weighted by atomic mass is 16.2. The third-order valence-corrected chi connectivity index (χ3v) is 6.63. The Balaban J connectivity index is 1.24. The van der Waals surface area contributed by atoms with Gasteiger partial charge in [-0.25, -0.2) is 4.98 Å². The summed E-state index contributed by atoms with van der Waals surface area (Å²) in [5.74, 6) is 0.431. The van der Waals surface area contributed by atoms with E-state index < -0.39 is 0 Å². The first-order chi connectivity index (χ1) is 14.0. The number of hydrogen-bond acceptors (Lipinski definition) is 3. The lowest BCUT2D eigenvalue weighted by molar-refractivity contribution is -0.123. The van der Waals surface area contributed by atoms with E-state index in [1.165, 1.54) is 0 Å². The molecule has 6 nitrogen and oxygen atoms in total. The Morgan fingerprint density at radius 2 is 2.03 bits per heavy atom. The van der Waals surface area contributed by atoms with Crippen molar-refractivity contribution in [1.82, 2.24) is 19.8 Å². The molecule has 2 aromatic rings. The zero-order chi connectivity index (χ0) is 20.4. The minimum Gasteiger partial charge on any atom is -0.356 e. The van der Waals surface area contributed by atoms with Gasteiger partial charge in [-0.3, -0.25) is 9.59 Å². The van der Waals surface area contributed by atoms with Gasteiger partial charge in [-0.1, -0.05) is 17.7 Å². The molecule has 29 heavy (non-hydrogen) atoms. The van der Waals surface area contributed by atoms with Crippen LogP contribution in [0.25, 0.3) is 0 Å². The number of imidazole rings is 1. The molecule has 154 valence electrons. The Labute approximate surface area is 172 Å². The molecule has 1 atom stereocenters. The molecule has 1 saturated heterocycles. The van der Waals surface area contributed by atoms with E-state index in [0.717, 1.165) is 62.0 Å². The first-order valence-corrected chi connectivity index (χ1v) is 10.6. The fourth-order valence-corrected chi connectivity index (χ4v) is 4.58. The molecule has 1 aromatic carbocycles. The van der Waals surface area contributed by atoms with Crippen LogP contribution in [-0.4, -0.2) is 45.9 Å². The second-order valence-corrected chi connectivity index (χ2v) is 8.67. The van der Waals surface area contributed by atoms with Gasteiger partial charge in [0.1, 0.15) is 0 Å². The predicted octanol–water partition coefficient (Wildman–Crippen LogP) is 2.95. The Morgan fingerprint density at radius 1 is 1.24 bits per heavy atom. The number of rotatable bonds is 6. The third-order valence-electron chi connectivity index (χ3n) is 6.63. The number of hydrogen-bond donors (Lipinski definition) is 1.